The van der Waals surface area contributed by atoms with Crippen molar-refractivity contribution in [1.29, 1.82) is 0 Å². The monoisotopic (exact) mass is 278 g/mol. The summed E-state index contributed by atoms with van der Waals surface area (Å²) in [6, 6.07) is 5.74. The average Bonchev–Trinajstić information content (AvgIpc) is 2.36. The van der Waals surface area contributed by atoms with Gasteiger partial charge in [-0.25, -0.2) is 19.6 Å². The Morgan fingerprint density at radius 1 is 1.15 bits per heavy atom. The predicted octanol–water partition coefficient (Wildman–Crippen LogP) is 2.21. The fourth-order valence-corrected chi connectivity index (χ4v) is 1.70. The Labute approximate surface area is 113 Å². The highest BCUT2D eigenvalue weighted by Gasteiger charge is 2.10. The lowest BCUT2D eigenvalue weighted by molar-refractivity contribution is 0.102. The maximum atomic E-state index is 13.0. The van der Waals surface area contributed by atoms with Crippen LogP contribution in [0, 0.1) is 18.6 Å². The van der Waals surface area contributed by atoms with Crippen LogP contribution in [-0.4, -0.2) is 10.9 Å². The molecular formula is C13H12F2N4O. The highest BCUT2D eigenvalue weighted by Crippen LogP contribution is 2.15. The number of nitrogens with two attached hydrogens (primary N) is 1. The molecule has 0 saturated heterocycles. The van der Waals surface area contributed by atoms with Crippen LogP contribution >= 0.6 is 0 Å². The van der Waals surface area contributed by atoms with Gasteiger partial charge in [0.1, 0.15) is 17.5 Å². The predicted molar refractivity (Wildman–Crippen MR) is 71.1 cm³/mol. The molecule has 5 nitrogen and oxygen atoms in total. The van der Waals surface area contributed by atoms with Crippen LogP contribution in [0.5, 0.6) is 0 Å². The van der Waals surface area contributed by atoms with Crippen molar-refractivity contribution in [3.8, 4) is 0 Å². The second-order valence-corrected chi connectivity index (χ2v) is 4.14. The molecule has 4 N–H and O–H groups in total. The molecule has 1 aromatic carbocycles. The number of nitrogens with zero attached hydrogens (tertiary/aromatic N) is 1. The number of carbonyl (C=O) groups excluding carboxylic acids is 1. The van der Waals surface area contributed by atoms with Crippen LogP contribution in [0.15, 0.2) is 30.3 Å². The van der Waals surface area contributed by atoms with Crippen LogP contribution < -0.4 is 16.6 Å². The van der Waals surface area contributed by atoms with Crippen molar-refractivity contribution in [3.63, 3.8) is 0 Å². The molecule has 0 saturated carbocycles. The highest BCUT2D eigenvalue weighted by atomic mass is 19.1. The largest absolute Gasteiger partial charge is 0.322 e. The Bertz CT molecular complexity index is 641. The molecule has 0 radical (unpaired) electrons. The molecule has 2 rings (SSSR count). The summed E-state index contributed by atoms with van der Waals surface area (Å²) >= 11 is 0. The van der Waals surface area contributed by atoms with Crippen LogP contribution in [0.4, 0.5) is 20.3 Å². The summed E-state index contributed by atoms with van der Waals surface area (Å²) < 4.78 is 26.1. The number of hydrogen-bond donors (Lipinski definition) is 3. The molecule has 20 heavy (non-hydrogen) atoms. The van der Waals surface area contributed by atoms with E-state index >= 15 is 0 Å². The number of aryl methyl sites for hydroxylation is 1. The third-order valence-corrected chi connectivity index (χ3v) is 2.48. The van der Waals surface area contributed by atoms with E-state index in [1.165, 1.54) is 12.1 Å². The summed E-state index contributed by atoms with van der Waals surface area (Å²) in [4.78, 5) is 16.0. The topological polar surface area (TPSA) is 80.0 Å². The second kappa shape index (κ2) is 5.62. The quantitative estimate of drug-likeness (QED) is 0.594. The fourth-order valence-electron chi connectivity index (χ4n) is 1.70. The van der Waals surface area contributed by atoms with Gasteiger partial charge in [-0.2, -0.15) is 0 Å². The number of carbonyl (C=O) groups is 1. The number of halogens is 2. The van der Waals surface area contributed by atoms with Gasteiger partial charge in [-0.05, 0) is 31.2 Å². The van der Waals surface area contributed by atoms with E-state index in [-0.39, 0.29) is 11.3 Å². The number of aromatic nitrogens is 1. The molecule has 0 aliphatic carbocycles. The van der Waals surface area contributed by atoms with E-state index in [4.69, 9.17) is 5.84 Å². The van der Waals surface area contributed by atoms with Gasteiger partial charge in [0.25, 0.3) is 5.91 Å². The number of amides is 1. The maximum absolute atomic E-state index is 13.0. The van der Waals surface area contributed by atoms with E-state index in [0.717, 1.165) is 18.2 Å². The van der Waals surface area contributed by atoms with Crippen molar-refractivity contribution < 1.29 is 13.6 Å². The van der Waals surface area contributed by atoms with Gasteiger partial charge in [0.05, 0.1) is 0 Å². The van der Waals surface area contributed by atoms with Crippen LogP contribution in [0.2, 0.25) is 0 Å². The van der Waals surface area contributed by atoms with Gasteiger partial charge < -0.3 is 10.7 Å². The first-order valence-electron chi connectivity index (χ1n) is 5.70. The smallest absolute Gasteiger partial charge is 0.255 e. The SMILES string of the molecule is Cc1cc(C(=O)Nc2cc(F)cc(F)c2)cc(NN)n1. The number of pyridine rings is 1. The van der Waals surface area contributed by atoms with E-state index in [1.54, 1.807) is 6.92 Å². The second-order valence-electron chi connectivity index (χ2n) is 4.14. The molecule has 0 atom stereocenters. The van der Waals surface area contributed by atoms with Crippen molar-refractivity contribution in [1.82, 2.24) is 4.98 Å². The highest BCUT2D eigenvalue weighted by molar-refractivity contribution is 6.04. The molecule has 2 aromatic rings. The molecule has 1 amide bonds. The van der Waals surface area contributed by atoms with Crippen molar-refractivity contribution in [2.75, 3.05) is 10.7 Å². The van der Waals surface area contributed by atoms with E-state index in [1.807, 2.05) is 0 Å². The lowest BCUT2D eigenvalue weighted by Gasteiger charge is -2.08. The first kappa shape index (κ1) is 13.9. The van der Waals surface area contributed by atoms with Crippen molar-refractivity contribution in [3.05, 3.63) is 53.2 Å². The van der Waals surface area contributed by atoms with Gasteiger partial charge >= 0.3 is 0 Å². The van der Waals surface area contributed by atoms with Crippen molar-refractivity contribution >= 4 is 17.4 Å². The average molecular weight is 278 g/mol. The third-order valence-electron chi connectivity index (χ3n) is 2.48. The zero-order valence-electron chi connectivity index (χ0n) is 10.6. The number of rotatable bonds is 3. The zero-order chi connectivity index (χ0) is 14.7. The minimum atomic E-state index is -0.768. The Hall–Kier alpha value is -2.54. The Balaban J connectivity index is 2.25. The molecule has 1 heterocycles. The van der Waals surface area contributed by atoms with E-state index < -0.39 is 17.5 Å². The zero-order valence-corrected chi connectivity index (χ0v) is 10.6. The Morgan fingerprint density at radius 2 is 1.80 bits per heavy atom. The molecule has 1 aromatic heterocycles. The summed E-state index contributed by atoms with van der Waals surface area (Å²) in [5.74, 6) is 3.50. The first-order chi connectivity index (χ1) is 9.47. The lowest BCUT2D eigenvalue weighted by Crippen LogP contribution is -2.15. The molecule has 0 bridgehead atoms. The van der Waals surface area contributed by atoms with E-state index in [9.17, 15) is 13.6 Å². The van der Waals surface area contributed by atoms with Crippen LogP contribution in [-0.2, 0) is 0 Å². The molecule has 0 aliphatic heterocycles. The summed E-state index contributed by atoms with van der Waals surface area (Å²) in [6.07, 6.45) is 0. The van der Waals surface area contributed by atoms with Gasteiger partial charge in [-0.1, -0.05) is 0 Å². The van der Waals surface area contributed by atoms with Gasteiger partial charge in [-0.3, -0.25) is 4.79 Å². The maximum Gasteiger partial charge on any atom is 0.255 e. The first-order valence-corrected chi connectivity index (χ1v) is 5.70. The molecular weight excluding hydrogens is 266 g/mol. The van der Waals surface area contributed by atoms with Crippen molar-refractivity contribution in [2.45, 2.75) is 6.92 Å². The fraction of sp³-hybridized carbons (Fsp3) is 0.0769. The number of benzene rings is 1. The Morgan fingerprint density at radius 3 is 2.40 bits per heavy atom. The Kier molecular flexibility index (Phi) is 3.90. The van der Waals surface area contributed by atoms with Crippen molar-refractivity contribution in [2.24, 2.45) is 5.84 Å². The third kappa shape index (κ3) is 3.27. The summed E-state index contributed by atoms with van der Waals surface area (Å²) in [5, 5.41) is 2.40. The van der Waals surface area contributed by atoms with Crippen LogP contribution in [0.1, 0.15) is 16.1 Å². The van der Waals surface area contributed by atoms with Gasteiger partial charge in [-0.15, -0.1) is 0 Å². The van der Waals surface area contributed by atoms with Gasteiger partial charge in [0.15, 0.2) is 0 Å². The molecule has 0 fully saturated rings. The van der Waals surface area contributed by atoms with E-state index in [0.29, 0.717) is 11.5 Å². The minimum Gasteiger partial charge on any atom is -0.322 e. The van der Waals surface area contributed by atoms with Gasteiger partial charge in [0.2, 0.25) is 0 Å². The number of nitrogen functional groups attached to an aromatic ring is 1. The summed E-state index contributed by atoms with van der Waals surface area (Å²) in [5.41, 5.74) is 3.22. The lowest BCUT2D eigenvalue weighted by atomic mass is 10.2. The van der Waals surface area contributed by atoms with Crippen LogP contribution in [0.3, 0.4) is 0 Å². The van der Waals surface area contributed by atoms with Crippen LogP contribution in [0.25, 0.3) is 0 Å². The number of hydrazine groups is 1. The number of nitrogens with one attached hydrogen (secondary N) is 2. The summed E-state index contributed by atoms with van der Waals surface area (Å²) in [7, 11) is 0. The summed E-state index contributed by atoms with van der Waals surface area (Å²) in [6.45, 7) is 1.69. The molecule has 0 aliphatic rings. The molecule has 0 unspecified atom stereocenters. The molecule has 7 heteroatoms. The van der Waals surface area contributed by atoms with E-state index in [2.05, 4.69) is 15.7 Å². The number of anilines is 2. The normalized spacial score (nSPS) is 10.2. The molecule has 0 spiro atoms. The standard InChI is InChI=1S/C13H12F2N4O/c1-7-2-8(3-12(17-7)19-16)13(20)18-11-5-9(14)4-10(15)6-11/h2-6H,16H2,1H3,(H,17,19)(H,18,20). The molecule has 104 valence electrons. The minimum absolute atomic E-state index is 0.0317. The van der Waals surface area contributed by atoms with Gasteiger partial charge in [0, 0.05) is 23.0 Å². The number of hydrogen-bond acceptors (Lipinski definition) is 4.